The van der Waals surface area contributed by atoms with E-state index in [9.17, 15) is 0 Å². The van der Waals surface area contributed by atoms with Crippen LogP contribution in [0.4, 0.5) is 0 Å². The molecule has 0 nitrogen and oxygen atoms in total. The summed E-state index contributed by atoms with van der Waals surface area (Å²) in [6, 6.07) is 0. The van der Waals surface area contributed by atoms with Gasteiger partial charge in [-0.15, -0.1) is 0 Å². The first kappa shape index (κ1) is 4.93. The van der Waals surface area contributed by atoms with Crippen molar-refractivity contribution in [1.82, 2.24) is 0 Å². The SMILES string of the molecule is [B][C+](C)CC. The lowest BCUT2D eigenvalue weighted by Crippen LogP contribution is -1.81. The fraction of sp³-hybridized carbons (Fsp3) is 0.750. The Labute approximate surface area is 35.0 Å². The maximum Gasteiger partial charge on any atom is 0.425 e. The van der Waals surface area contributed by atoms with Crippen LogP contribution < -0.4 is 0 Å². The van der Waals surface area contributed by atoms with Crippen LogP contribution in [-0.4, -0.2) is 7.85 Å². The zero-order valence-electron chi connectivity index (χ0n) is 3.78. The topological polar surface area (TPSA) is 0 Å². The molecule has 0 heterocycles. The zero-order chi connectivity index (χ0) is 4.28. The Morgan fingerprint density at radius 2 is 2.00 bits per heavy atom. The van der Waals surface area contributed by atoms with Gasteiger partial charge in [-0.1, -0.05) is 0 Å². The molecular formula is C4H8B+. The van der Waals surface area contributed by atoms with Gasteiger partial charge in [0.15, 0.2) is 0 Å². The highest BCUT2D eigenvalue weighted by Gasteiger charge is 1.94. The maximum absolute atomic E-state index is 5.21. The summed E-state index contributed by atoms with van der Waals surface area (Å²) in [6.07, 6.45) is 1.00. The molecule has 26 valence electrons. The first-order chi connectivity index (χ1) is 2.27. The zero-order valence-corrected chi connectivity index (χ0v) is 3.78. The molecule has 0 unspecified atom stereocenters. The quantitative estimate of drug-likeness (QED) is 0.318. The predicted octanol–water partition coefficient (Wildman–Crippen LogP) is 1.12. The molecule has 2 radical (unpaired) electrons. The monoisotopic (exact) mass is 67.1 g/mol. The van der Waals surface area contributed by atoms with Crippen molar-refractivity contribution in [2.75, 3.05) is 0 Å². The molecule has 0 spiro atoms. The minimum atomic E-state index is 1.00. The molecule has 0 aliphatic heterocycles. The van der Waals surface area contributed by atoms with Gasteiger partial charge in [0.25, 0.3) is 0 Å². The third kappa shape index (κ3) is 3.93. The number of rotatable bonds is 1. The highest BCUT2D eigenvalue weighted by atomic mass is 13.8. The third-order valence-corrected chi connectivity index (χ3v) is 0.558. The van der Waals surface area contributed by atoms with E-state index in [1.165, 1.54) is 0 Å². The van der Waals surface area contributed by atoms with Crippen molar-refractivity contribution in [2.45, 2.75) is 20.3 Å². The molecule has 0 rings (SSSR count). The molecule has 0 fully saturated rings. The molecule has 5 heavy (non-hydrogen) atoms. The summed E-state index contributed by atoms with van der Waals surface area (Å²) in [5.74, 6) is 1.00. The van der Waals surface area contributed by atoms with Gasteiger partial charge in [0.05, 0.1) is 13.3 Å². The molecule has 0 aliphatic carbocycles. The Morgan fingerprint density at radius 1 is 1.80 bits per heavy atom. The van der Waals surface area contributed by atoms with E-state index in [0.29, 0.717) is 0 Å². The van der Waals surface area contributed by atoms with Crippen LogP contribution in [0.15, 0.2) is 0 Å². The molecule has 0 saturated carbocycles. The van der Waals surface area contributed by atoms with E-state index < -0.39 is 0 Å². The van der Waals surface area contributed by atoms with Gasteiger partial charge in [0, 0.05) is 5.82 Å². The summed E-state index contributed by atoms with van der Waals surface area (Å²) in [6.45, 7) is 3.95. The summed E-state index contributed by atoms with van der Waals surface area (Å²) in [5, 5.41) is 0. The van der Waals surface area contributed by atoms with Crippen molar-refractivity contribution in [3.63, 3.8) is 0 Å². The molecule has 0 atom stereocenters. The van der Waals surface area contributed by atoms with Crippen molar-refractivity contribution in [1.29, 1.82) is 0 Å². The normalized spacial score (nSPS) is 7.60. The Kier molecular flexibility index (Phi) is 2.16. The molecule has 0 aromatic rings. The van der Waals surface area contributed by atoms with E-state index in [1.807, 2.05) is 13.8 Å². The van der Waals surface area contributed by atoms with Gasteiger partial charge >= 0.3 is 7.85 Å². The molecule has 0 saturated heterocycles. The van der Waals surface area contributed by atoms with Gasteiger partial charge in [0.1, 0.15) is 0 Å². The lowest BCUT2D eigenvalue weighted by Gasteiger charge is -1.77. The van der Waals surface area contributed by atoms with Crippen molar-refractivity contribution in [3.05, 3.63) is 5.82 Å². The molecule has 0 aromatic carbocycles. The average Bonchev–Trinajstić information content (AvgIpc) is 1.38. The standard InChI is InChI=1S/C4H8B/c1-3-4(2)5/h3H2,1-2H3/q+1. The van der Waals surface area contributed by atoms with E-state index in [1.54, 1.807) is 0 Å². The van der Waals surface area contributed by atoms with Crippen LogP contribution in [0.3, 0.4) is 0 Å². The number of hydrogen-bond acceptors (Lipinski definition) is 0. The second-order valence-electron chi connectivity index (χ2n) is 1.20. The Morgan fingerprint density at radius 3 is 2.00 bits per heavy atom. The van der Waals surface area contributed by atoms with E-state index >= 15 is 0 Å². The van der Waals surface area contributed by atoms with Gasteiger partial charge in [0.2, 0.25) is 0 Å². The van der Waals surface area contributed by atoms with Gasteiger partial charge in [-0.25, -0.2) is 0 Å². The molecule has 0 aromatic heterocycles. The Hall–Kier alpha value is -0.0651. The van der Waals surface area contributed by atoms with Crippen LogP contribution in [0.2, 0.25) is 0 Å². The summed E-state index contributed by atoms with van der Waals surface area (Å²) in [7, 11) is 5.21. The molecule has 0 N–H and O–H groups in total. The van der Waals surface area contributed by atoms with Crippen molar-refractivity contribution in [2.24, 2.45) is 0 Å². The molecule has 0 aliphatic rings. The van der Waals surface area contributed by atoms with Crippen molar-refractivity contribution >= 4 is 7.85 Å². The minimum absolute atomic E-state index is 1.00. The van der Waals surface area contributed by atoms with Crippen LogP contribution in [0.1, 0.15) is 20.3 Å². The minimum Gasteiger partial charge on any atom is -0.0262 e. The van der Waals surface area contributed by atoms with Crippen LogP contribution in [0, 0.1) is 5.82 Å². The van der Waals surface area contributed by atoms with E-state index in [4.69, 9.17) is 7.85 Å². The highest BCUT2D eigenvalue weighted by molar-refractivity contribution is 6.18. The third-order valence-electron chi connectivity index (χ3n) is 0.558. The summed E-state index contributed by atoms with van der Waals surface area (Å²) in [4.78, 5) is 0. The first-order valence-electron chi connectivity index (χ1n) is 1.85. The maximum atomic E-state index is 5.21. The van der Waals surface area contributed by atoms with E-state index in [0.717, 1.165) is 12.2 Å². The summed E-state index contributed by atoms with van der Waals surface area (Å²) < 4.78 is 0. The second-order valence-corrected chi connectivity index (χ2v) is 1.20. The molecule has 0 bridgehead atoms. The highest BCUT2D eigenvalue weighted by Crippen LogP contribution is 1.91. The summed E-state index contributed by atoms with van der Waals surface area (Å²) in [5.41, 5.74) is 0. The Balaban J connectivity index is 2.54. The smallest absolute Gasteiger partial charge is 0.0262 e. The predicted molar refractivity (Wildman–Crippen MR) is 25.0 cm³/mol. The molecular weight excluding hydrogens is 58.9 g/mol. The molecule has 0 amide bonds. The second kappa shape index (κ2) is 2.19. The van der Waals surface area contributed by atoms with Crippen LogP contribution in [0.5, 0.6) is 0 Å². The van der Waals surface area contributed by atoms with Gasteiger partial charge < -0.3 is 0 Å². The van der Waals surface area contributed by atoms with Gasteiger partial charge in [-0.3, -0.25) is 0 Å². The first-order valence-corrected chi connectivity index (χ1v) is 1.85. The van der Waals surface area contributed by atoms with Crippen molar-refractivity contribution in [3.8, 4) is 0 Å². The van der Waals surface area contributed by atoms with Crippen LogP contribution >= 0.6 is 0 Å². The fourth-order valence-corrected chi connectivity index (χ4v) is 0. The average molecular weight is 66.9 g/mol. The fourth-order valence-electron chi connectivity index (χ4n) is 0. The van der Waals surface area contributed by atoms with Gasteiger partial charge in [-0.05, 0) is 6.92 Å². The summed E-state index contributed by atoms with van der Waals surface area (Å²) >= 11 is 0. The number of hydrogen-bond donors (Lipinski definition) is 0. The lowest BCUT2D eigenvalue weighted by molar-refractivity contribution is 1.05. The van der Waals surface area contributed by atoms with Crippen LogP contribution in [-0.2, 0) is 0 Å². The van der Waals surface area contributed by atoms with E-state index in [2.05, 4.69) is 0 Å². The van der Waals surface area contributed by atoms with E-state index in [-0.39, 0.29) is 0 Å². The van der Waals surface area contributed by atoms with Crippen molar-refractivity contribution < 1.29 is 0 Å². The van der Waals surface area contributed by atoms with Crippen LogP contribution in [0.25, 0.3) is 0 Å². The van der Waals surface area contributed by atoms with Gasteiger partial charge in [-0.2, -0.15) is 0 Å². The molecule has 1 heteroatoms. The lowest BCUT2D eigenvalue weighted by atomic mass is 9.88. The Bertz CT molecular complexity index is 17.6. The largest absolute Gasteiger partial charge is 0.425 e.